The van der Waals surface area contributed by atoms with E-state index in [1.165, 1.54) is 18.2 Å². The molecule has 1 rings (SSSR count). The van der Waals surface area contributed by atoms with Crippen molar-refractivity contribution >= 4 is 45.2 Å². The number of benzene rings is 1. The normalized spacial score (nSPS) is 10.8. The van der Waals surface area contributed by atoms with E-state index in [2.05, 4.69) is 0 Å². The summed E-state index contributed by atoms with van der Waals surface area (Å²) in [6.45, 7) is 0. The first-order valence-electron chi connectivity index (χ1n) is 4.48. The minimum atomic E-state index is -3.75. The Morgan fingerprint density at radius 2 is 1.67 bits per heavy atom. The zero-order valence-electron chi connectivity index (χ0n) is 9.03. The van der Waals surface area contributed by atoms with Gasteiger partial charge in [-0.3, -0.25) is 10.1 Å². The van der Waals surface area contributed by atoms with Crippen LogP contribution < -0.4 is 10.0 Å². The highest BCUT2D eigenvalue weighted by Crippen LogP contribution is 2.23. The molecular formula is C9H8Cl2N2O4S. The predicted octanol–water partition coefficient (Wildman–Crippen LogP) is 1.39. The van der Waals surface area contributed by atoms with E-state index in [1.807, 2.05) is 0 Å². The number of rotatable bonds is 2. The van der Waals surface area contributed by atoms with Crippen LogP contribution in [-0.4, -0.2) is 26.6 Å². The third kappa shape index (κ3) is 4.17. The number of urea groups is 1. The molecule has 0 fully saturated rings. The van der Waals surface area contributed by atoms with Gasteiger partial charge in [-0.15, -0.1) is 0 Å². The first-order chi connectivity index (χ1) is 8.20. The molecule has 0 saturated heterocycles. The average molecular weight is 311 g/mol. The first-order valence-corrected chi connectivity index (χ1v) is 7.12. The lowest BCUT2D eigenvalue weighted by molar-refractivity contribution is 0.0966. The molecule has 0 aliphatic rings. The van der Waals surface area contributed by atoms with E-state index >= 15 is 0 Å². The maximum absolute atomic E-state index is 11.6. The molecule has 9 heteroatoms. The predicted molar refractivity (Wildman–Crippen MR) is 67.3 cm³/mol. The molecule has 6 nitrogen and oxygen atoms in total. The SMILES string of the molecule is CS(=O)(=O)NC(=O)NC(=O)c1c(Cl)cccc1Cl. The van der Waals surface area contributed by atoms with E-state index in [9.17, 15) is 18.0 Å². The number of nitrogens with one attached hydrogen (secondary N) is 2. The van der Waals surface area contributed by atoms with Crippen molar-refractivity contribution in [3.05, 3.63) is 33.8 Å². The van der Waals surface area contributed by atoms with Gasteiger partial charge in [0.1, 0.15) is 0 Å². The number of amides is 3. The van der Waals surface area contributed by atoms with Crippen LogP contribution >= 0.6 is 23.2 Å². The van der Waals surface area contributed by atoms with Crippen LogP contribution in [0.2, 0.25) is 10.0 Å². The van der Waals surface area contributed by atoms with Gasteiger partial charge in [-0.2, -0.15) is 0 Å². The summed E-state index contributed by atoms with van der Waals surface area (Å²) in [6.07, 6.45) is 0.777. The highest BCUT2D eigenvalue weighted by molar-refractivity contribution is 7.89. The molecule has 0 aliphatic carbocycles. The summed E-state index contributed by atoms with van der Waals surface area (Å²) >= 11 is 11.5. The van der Waals surface area contributed by atoms with Gasteiger partial charge in [0.15, 0.2) is 0 Å². The van der Waals surface area contributed by atoms with Crippen LogP contribution in [0.1, 0.15) is 10.4 Å². The van der Waals surface area contributed by atoms with Gasteiger partial charge in [-0.25, -0.2) is 17.9 Å². The molecule has 0 radical (unpaired) electrons. The van der Waals surface area contributed by atoms with Crippen molar-refractivity contribution in [2.75, 3.05) is 6.26 Å². The first kappa shape index (κ1) is 14.7. The third-order valence-corrected chi connectivity index (χ3v) is 2.88. The molecule has 0 bridgehead atoms. The Hall–Kier alpha value is -1.31. The van der Waals surface area contributed by atoms with E-state index in [4.69, 9.17) is 23.2 Å². The van der Waals surface area contributed by atoms with E-state index in [0.29, 0.717) is 0 Å². The maximum Gasteiger partial charge on any atom is 0.335 e. The quantitative estimate of drug-likeness (QED) is 0.863. The van der Waals surface area contributed by atoms with Crippen LogP contribution in [0.15, 0.2) is 18.2 Å². The fraction of sp³-hybridized carbons (Fsp3) is 0.111. The van der Waals surface area contributed by atoms with Crippen molar-refractivity contribution in [1.82, 2.24) is 10.0 Å². The molecule has 98 valence electrons. The van der Waals surface area contributed by atoms with E-state index in [1.54, 1.807) is 10.0 Å². The topological polar surface area (TPSA) is 92.3 Å². The lowest BCUT2D eigenvalue weighted by atomic mass is 10.2. The number of carbonyl (C=O) groups excluding carboxylic acids is 2. The van der Waals surface area contributed by atoms with Gasteiger partial charge >= 0.3 is 6.03 Å². The van der Waals surface area contributed by atoms with Crippen LogP contribution in [0.5, 0.6) is 0 Å². The molecule has 0 aliphatic heterocycles. The van der Waals surface area contributed by atoms with Gasteiger partial charge in [0.2, 0.25) is 10.0 Å². The van der Waals surface area contributed by atoms with Gasteiger partial charge in [0, 0.05) is 0 Å². The fourth-order valence-corrected chi connectivity index (χ4v) is 2.03. The number of hydrogen-bond acceptors (Lipinski definition) is 4. The summed E-state index contributed by atoms with van der Waals surface area (Å²) in [4.78, 5) is 22.8. The van der Waals surface area contributed by atoms with E-state index in [0.717, 1.165) is 6.26 Å². The Morgan fingerprint density at radius 3 is 2.11 bits per heavy atom. The average Bonchev–Trinajstić information content (AvgIpc) is 2.13. The largest absolute Gasteiger partial charge is 0.335 e. The smallest absolute Gasteiger partial charge is 0.273 e. The van der Waals surface area contributed by atoms with Gasteiger partial charge < -0.3 is 0 Å². The minimum Gasteiger partial charge on any atom is -0.273 e. The standard InChI is InChI=1S/C9H8Cl2N2O4S/c1-18(16,17)13-9(15)12-8(14)7-5(10)3-2-4-6(7)11/h2-4H,1H3,(H2,12,13,14,15). The second-order valence-corrected chi connectivity index (χ2v) is 5.82. The van der Waals surface area contributed by atoms with Gasteiger partial charge in [-0.1, -0.05) is 29.3 Å². The second-order valence-electron chi connectivity index (χ2n) is 3.25. The summed E-state index contributed by atoms with van der Waals surface area (Å²) in [5.74, 6) is -0.897. The van der Waals surface area contributed by atoms with E-state index in [-0.39, 0.29) is 15.6 Å². The molecule has 0 atom stereocenters. The van der Waals surface area contributed by atoms with Crippen LogP contribution in [0.25, 0.3) is 0 Å². The summed E-state index contributed by atoms with van der Waals surface area (Å²) in [5, 5.41) is 1.89. The monoisotopic (exact) mass is 310 g/mol. The fourth-order valence-electron chi connectivity index (χ4n) is 1.07. The van der Waals surface area contributed by atoms with Crippen molar-refractivity contribution < 1.29 is 18.0 Å². The van der Waals surface area contributed by atoms with Crippen molar-refractivity contribution in [1.29, 1.82) is 0 Å². The van der Waals surface area contributed by atoms with Crippen molar-refractivity contribution in [3.8, 4) is 0 Å². The van der Waals surface area contributed by atoms with Crippen LogP contribution in [-0.2, 0) is 10.0 Å². The Bertz CT molecular complexity index is 580. The molecule has 0 spiro atoms. The third-order valence-electron chi connectivity index (χ3n) is 1.69. The number of halogens is 2. The van der Waals surface area contributed by atoms with Crippen molar-refractivity contribution in [3.63, 3.8) is 0 Å². The highest BCUT2D eigenvalue weighted by atomic mass is 35.5. The number of carbonyl (C=O) groups is 2. The molecule has 3 amide bonds. The summed E-state index contributed by atoms with van der Waals surface area (Å²) in [5.41, 5.74) is -0.107. The van der Waals surface area contributed by atoms with Gasteiger partial charge in [0.05, 0.1) is 21.9 Å². The van der Waals surface area contributed by atoms with Crippen molar-refractivity contribution in [2.45, 2.75) is 0 Å². The molecule has 18 heavy (non-hydrogen) atoms. The highest BCUT2D eigenvalue weighted by Gasteiger charge is 2.18. The second kappa shape index (κ2) is 5.55. The molecule has 0 unspecified atom stereocenters. The van der Waals surface area contributed by atoms with E-state index < -0.39 is 22.0 Å². The Balaban J connectivity index is 2.87. The summed E-state index contributed by atoms with van der Waals surface area (Å²) in [6, 6.07) is 3.17. The van der Waals surface area contributed by atoms with Crippen LogP contribution in [0.3, 0.4) is 0 Å². The number of imide groups is 1. The Morgan fingerprint density at radius 1 is 1.17 bits per heavy atom. The molecule has 0 heterocycles. The summed E-state index contributed by atoms with van der Waals surface area (Å²) in [7, 11) is -3.75. The van der Waals surface area contributed by atoms with Crippen LogP contribution in [0.4, 0.5) is 4.79 Å². The Labute approximate surface area is 113 Å². The Kier molecular flexibility index (Phi) is 4.55. The zero-order chi connectivity index (χ0) is 13.9. The minimum absolute atomic E-state index is 0.0483. The number of sulfonamides is 1. The molecular weight excluding hydrogens is 303 g/mol. The maximum atomic E-state index is 11.6. The molecule has 1 aromatic rings. The lowest BCUT2D eigenvalue weighted by Crippen LogP contribution is -2.42. The molecule has 0 aromatic heterocycles. The van der Waals surface area contributed by atoms with Crippen molar-refractivity contribution in [2.24, 2.45) is 0 Å². The molecule has 2 N–H and O–H groups in total. The molecule has 0 saturated carbocycles. The summed E-state index contributed by atoms with van der Waals surface area (Å²) < 4.78 is 23.1. The zero-order valence-corrected chi connectivity index (χ0v) is 11.4. The van der Waals surface area contributed by atoms with Crippen LogP contribution in [0, 0.1) is 0 Å². The molecule has 1 aromatic carbocycles. The van der Waals surface area contributed by atoms with Gasteiger partial charge in [-0.05, 0) is 12.1 Å². The number of hydrogen-bond donors (Lipinski definition) is 2. The van der Waals surface area contributed by atoms with Gasteiger partial charge in [0.25, 0.3) is 5.91 Å². The lowest BCUT2D eigenvalue weighted by Gasteiger charge is -2.07.